The average Bonchev–Trinajstić information content (AvgIpc) is 2.62. The second-order valence-electron chi connectivity index (χ2n) is 2.68. The van der Waals surface area contributed by atoms with Crippen LogP contribution in [0, 0.1) is 0 Å². The predicted octanol–water partition coefficient (Wildman–Crippen LogP) is 1.86. The van der Waals surface area contributed by atoms with Gasteiger partial charge in [0.2, 0.25) is 6.79 Å². The van der Waals surface area contributed by atoms with Gasteiger partial charge in [0.05, 0.1) is 17.7 Å². The fourth-order valence-corrected chi connectivity index (χ4v) is 1.41. The Kier molecular flexibility index (Phi) is 2.21. The van der Waals surface area contributed by atoms with Crippen molar-refractivity contribution in [3.63, 3.8) is 0 Å². The van der Waals surface area contributed by atoms with Gasteiger partial charge in [-0.3, -0.25) is 0 Å². The first-order chi connectivity index (χ1) is 6.72. The van der Waals surface area contributed by atoms with E-state index in [0.29, 0.717) is 16.5 Å². The van der Waals surface area contributed by atoms with Gasteiger partial charge in [-0.1, -0.05) is 11.6 Å². The standard InChI is InChI=1S/C9H7ClO4/c1-12-9(11)5-2-7-8(3-6(5)10)14-4-13-7/h2-3H,4H2,1H3. The summed E-state index contributed by atoms with van der Waals surface area (Å²) in [4.78, 5) is 11.2. The number of benzene rings is 1. The lowest BCUT2D eigenvalue weighted by molar-refractivity contribution is 0.0600. The lowest BCUT2D eigenvalue weighted by Crippen LogP contribution is -2.01. The number of halogens is 1. The van der Waals surface area contributed by atoms with E-state index in [2.05, 4.69) is 4.74 Å². The van der Waals surface area contributed by atoms with E-state index in [1.54, 1.807) is 0 Å². The fourth-order valence-electron chi connectivity index (χ4n) is 1.18. The number of carbonyl (C=O) groups excluding carboxylic acids is 1. The molecule has 0 saturated heterocycles. The molecule has 1 aromatic rings. The van der Waals surface area contributed by atoms with Crippen molar-refractivity contribution >= 4 is 17.6 Å². The highest BCUT2D eigenvalue weighted by Gasteiger charge is 2.20. The van der Waals surface area contributed by atoms with E-state index in [1.165, 1.54) is 19.2 Å². The molecule has 0 unspecified atom stereocenters. The summed E-state index contributed by atoms with van der Waals surface area (Å²) in [5, 5.41) is 0.293. The van der Waals surface area contributed by atoms with E-state index < -0.39 is 5.97 Å². The van der Waals surface area contributed by atoms with Gasteiger partial charge in [0.1, 0.15) is 0 Å². The van der Waals surface area contributed by atoms with Crippen molar-refractivity contribution in [2.75, 3.05) is 13.9 Å². The van der Waals surface area contributed by atoms with Gasteiger partial charge >= 0.3 is 5.97 Å². The third-order valence-electron chi connectivity index (χ3n) is 1.87. The molecule has 0 N–H and O–H groups in total. The molecule has 0 atom stereocenters. The minimum atomic E-state index is -0.492. The van der Waals surface area contributed by atoms with Crippen LogP contribution in [-0.2, 0) is 4.74 Å². The van der Waals surface area contributed by atoms with Crippen LogP contribution in [0.5, 0.6) is 11.5 Å². The normalized spacial score (nSPS) is 12.7. The number of hydrogen-bond acceptors (Lipinski definition) is 4. The van der Waals surface area contributed by atoms with Crippen molar-refractivity contribution < 1.29 is 19.0 Å². The van der Waals surface area contributed by atoms with Crippen LogP contribution < -0.4 is 9.47 Å². The zero-order valence-electron chi connectivity index (χ0n) is 7.37. The van der Waals surface area contributed by atoms with Crippen LogP contribution in [-0.4, -0.2) is 19.9 Å². The molecule has 0 spiro atoms. The van der Waals surface area contributed by atoms with Gasteiger partial charge in [0.25, 0.3) is 0 Å². The second kappa shape index (κ2) is 3.38. The maximum atomic E-state index is 11.2. The largest absolute Gasteiger partial charge is 0.465 e. The van der Waals surface area contributed by atoms with Crippen LogP contribution in [0.3, 0.4) is 0 Å². The Labute approximate surface area is 85.3 Å². The molecule has 0 aromatic heterocycles. The zero-order chi connectivity index (χ0) is 10.1. The third kappa shape index (κ3) is 1.37. The van der Waals surface area contributed by atoms with Gasteiger partial charge in [-0.25, -0.2) is 4.79 Å². The van der Waals surface area contributed by atoms with E-state index in [0.717, 1.165) is 0 Å². The molecule has 0 amide bonds. The molecule has 74 valence electrons. The summed E-state index contributed by atoms with van der Waals surface area (Å²) in [5.41, 5.74) is 0.276. The van der Waals surface area contributed by atoms with Crippen LogP contribution in [0.2, 0.25) is 5.02 Å². The maximum absolute atomic E-state index is 11.2. The number of rotatable bonds is 1. The van der Waals surface area contributed by atoms with Gasteiger partial charge < -0.3 is 14.2 Å². The smallest absolute Gasteiger partial charge is 0.339 e. The Morgan fingerprint density at radius 1 is 1.43 bits per heavy atom. The summed E-state index contributed by atoms with van der Waals surface area (Å²) >= 11 is 5.85. The van der Waals surface area contributed by atoms with Crippen molar-refractivity contribution in [1.29, 1.82) is 0 Å². The first-order valence-electron chi connectivity index (χ1n) is 3.90. The first-order valence-corrected chi connectivity index (χ1v) is 4.27. The molecule has 2 rings (SSSR count). The first kappa shape index (κ1) is 9.15. The molecular weight excluding hydrogens is 208 g/mol. The van der Waals surface area contributed by atoms with Gasteiger partial charge in [-0.05, 0) is 0 Å². The van der Waals surface area contributed by atoms with Crippen LogP contribution in [0.25, 0.3) is 0 Å². The monoisotopic (exact) mass is 214 g/mol. The Morgan fingerprint density at radius 2 is 2.07 bits per heavy atom. The minimum Gasteiger partial charge on any atom is -0.465 e. The topological polar surface area (TPSA) is 44.8 Å². The highest BCUT2D eigenvalue weighted by molar-refractivity contribution is 6.33. The molecule has 0 fully saturated rings. The highest BCUT2D eigenvalue weighted by atomic mass is 35.5. The molecule has 0 saturated carbocycles. The van der Waals surface area contributed by atoms with Crippen LogP contribution in [0.4, 0.5) is 0 Å². The molecule has 0 bridgehead atoms. The fraction of sp³-hybridized carbons (Fsp3) is 0.222. The number of esters is 1. The summed E-state index contributed by atoms with van der Waals surface area (Å²) in [5.74, 6) is 0.561. The number of methoxy groups -OCH3 is 1. The molecule has 1 aromatic carbocycles. The molecular formula is C9H7ClO4. The maximum Gasteiger partial charge on any atom is 0.339 e. The van der Waals surface area contributed by atoms with Gasteiger partial charge in [-0.2, -0.15) is 0 Å². The van der Waals surface area contributed by atoms with Crippen LogP contribution in [0.15, 0.2) is 12.1 Å². The summed E-state index contributed by atoms with van der Waals surface area (Å²) in [6, 6.07) is 3.05. The molecule has 1 heterocycles. The summed E-state index contributed by atoms with van der Waals surface area (Å²) < 4.78 is 14.7. The SMILES string of the molecule is COC(=O)c1cc2c(cc1Cl)OCO2. The summed E-state index contributed by atoms with van der Waals surface area (Å²) in [6.45, 7) is 0.149. The lowest BCUT2D eigenvalue weighted by atomic mass is 10.2. The number of fused-ring (bicyclic) bond motifs is 1. The van der Waals surface area contributed by atoms with E-state index in [-0.39, 0.29) is 12.4 Å². The number of hydrogen-bond donors (Lipinski definition) is 0. The molecule has 14 heavy (non-hydrogen) atoms. The molecule has 5 heteroatoms. The van der Waals surface area contributed by atoms with Crippen molar-refractivity contribution in [1.82, 2.24) is 0 Å². The molecule has 4 nitrogen and oxygen atoms in total. The van der Waals surface area contributed by atoms with Crippen molar-refractivity contribution in [3.05, 3.63) is 22.7 Å². The Morgan fingerprint density at radius 3 is 2.71 bits per heavy atom. The van der Waals surface area contributed by atoms with Gasteiger partial charge in [0, 0.05) is 12.1 Å². The van der Waals surface area contributed by atoms with Gasteiger partial charge in [0.15, 0.2) is 11.5 Å². The molecule has 0 radical (unpaired) electrons. The molecule has 1 aliphatic heterocycles. The third-order valence-corrected chi connectivity index (χ3v) is 2.18. The summed E-state index contributed by atoms with van der Waals surface area (Å²) in [7, 11) is 1.29. The Hall–Kier alpha value is -1.42. The van der Waals surface area contributed by atoms with Crippen molar-refractivity contribution in [2.24, 2.45) is 0 Å². The molecule has 1 aliphatic rings. The second-order valence-corrected chi connectivity index (χ2v) is 3.08. The van der Waals surface area contributed by atoms with Crippen molar-refractivity contribution in [2.45, 2.75) is 0 Å². The quantitative estimate of drug-likeness (QED) is 0.670. The predicted molar refractivity (Wildman–Crippen MR) is 48.9 cm³/mol. The summed E-state index contributed by atoms with van der Waals surface area (Å²) in [6.07, 6.45) is 0. The number of carbonyl (C=O) groups is 1. The molecule has 0 aliphatic carbocycles. The van der Waals surface area contributed by atoms with Crippen LogP contribution in [0.1, 0.15) is 10.4 Å². The van der Waals surface area contributed by atoms with E-state index in [1.807, 2.05) is 0 Å². The highest BCUT2D eigenvalue weighted by Crippen LogP contribution is 2.36. The minimum absolute atomic E-state index is 0.149. The van der Waals surface area contributed by atoms with E-state index in [4.69, 9.17) is 21.1 Å². The van der Waals surface area contributed by atoms with Gasteiger partial charge in [-0.15, -0.1) is 0 Å². The Balaban J connectivity index is 2.47. The van der Waals surface area contributed by atoms with E-state index >= 15 is 0 Å². The van der Waals surface area contributed by atoms with Crippen LogP contribution >= 0.6 is 11.6 Å². The van der Waals surface area contributed by atoms with Crippen molar-refractivity contribution in [3.8, 4) is 11.5 Å². The number of ether oxygens (including phenoxy) is 3. The lowest BCUT2D eigenvalue weighted by Gasteiger charge is -2.03. The average molecular weight is 215 g/mol. The Bertz CT molecular complexity index is 389. The zero-order valence-corrected chi connectivity index (χ0v) is 8.13. The van der Waals surface area contributed by atoms with E-state index in [9.17, 15) is 4.79 Å².